The Bertz CT molecular complexity index is 1040. The number of sulfonamides is 1. The Balaban J connectivity index is 1.65. The number of carbonyl (C=O) groups excluding carboxylic acids is 2. The molecular weight excluding hydrogens is 440 g/mol. The number of ether oxygens (including phenoxy) is 1. The normalized spacial score (nSPS) is 15.8. The lowest BCUT2D eigenvalue weighted by Crippen LogP contribution is -2.35. The maximum Gasteiger partial charge on any atom is 0.340 e. The van der Waals surface area contributed by atoms with Crippen LogP contribution in [0.3, 0.4) is 0 Å². The van der Waals surface area contributed by atoms with Gasteiger partial charge in [-0.25, -0.2) is 13.2 Å². The Labute approximate surface area is 187 Å². The van der Waals surface area contributed by atoms with E-state index in [1.165, 1.54) is 22.5 Å². The van der Waals surface area contributed by atoms with Gasteiger partial charge in [0.25, 0.3) is 5.91 Å². The lowest BCUT2D eigenvalue weighted by Gasteiger charge is -2.26. The Morgan fingerprint density at radius 2 is 1.77 bits per heavy atom. The van der Waals surface area contributed by atoms with Crippen LogP contribution < -0.4 is 5.32 Å². The van der Waals surface area contributed by atoms with Crippen LogP contribution in [0.1, 0.15) is 48.1 Å². The topological polar surface area (TPSA) is 92.8 Å². The van der Waals surface area contributed by atoms with Gasteiger partial charge in [0.1, 0.15) is 0 Å². The van der Waals surface area contributed by atoms with Gasteiger partial charge in [-0.3, -0.25) is 4.79 Å². The number of halogens is 1. The smallest absolute Gasteiger partial charge is 0.340 e. The van der Waals surface area contributed by atoms with Crippen molar-refractivity contribution in [2.75, 3.05) is 19.7 Å². The number of nitrogens with zero attached hydrogens (tertiary/aromatic N) is 1. The summed E-state index contributed by atoms with van der Waals surface area (Å²) in [5.74, 6) is -1.33. The van der Waals surface area contributed by atoms with Crippen molar-refractivity contribution in [2.45, 2.75) is 37.1 Å². The maximum absolute atomic E-state index is 12.9. The molecule has 31 heavy (non-hydrogen) atoms. The summed E-state index contributed by atoms with van der Waals surface area (Å²) in [6.45, 7) is 2.21. The standard InChI is InChI=1S/C22H25ClN2O5S/c1-16(17-8-4-2-5-9-17)24-21(26)15-30-22(27)19-14-18(10-11-20(19)23)31(28,29)25-12-6-3-7-13-25/h2,4-5,8-11,14,16H,3,6-7,12-13,15H2,1H3,(H,24,26)/t16-/m0/s1. The highest BCUT2D eigenvalue weighted by atomic mass is 35.5. The van der Waals surface area contributed by atoms with Crippen LogP contribution in [-0.2, 0) is 19.6 Å². The van der Waals surface area contributed by atoms with Gasteiger partial charge < -0.3 is 10.1 Å². The van der Waals surface area contributed by atoms with E-state index in [1.54, 1.807) is 0 Å². The summed E-state index contributed by atoms with van der Waals surface area (Å²) in [5.41, 5.74) is 0.824. The second-order valence-electron chi connectivity index (χ2n) is 7.38. The molecule has 1 aliphatic heterocycles. The average Bonchev–Trinajstić information content (AvgIpc) is 2.78. The van der Waals surface area contributed by atoms with Crippen molar-refractivity contribution in [3.63, 3.8) is 0 Å². The van der Waals surface area contributed by atoms with Crippen LogP contribution in [0.25, 0.3) is 0 Å². The quantitative estimate of drug-likeness (QED) is 0.632. The summed E-state index contributed by atoms with van der Waals surface area (Å²) in [6, 6.07) is 13.0. The molecule has 1 N–H and O–H groups in total. The molecule has 0 saturated carbocycles. The summed E-state index contributed by atoms with van der Waals surface area (Å²) in [7, 11) is -3.72. The highest BCUT2D eigenvalue weighted by Gasteiger charge is 2.27. The van der Waals surface area contributed by atoms with Gasteiger partial charge >= 0.3 is 5.97 Å². The number of hydrogen-bond acceptors (Lipinski definition) is 5. The second-order valence-corrected chi connectivity index (χ2v) is 9.73. The fourth-order valence-electron chi connectivity index (χ4n) is 3.39. The average molecular weight is 465 g/mol. The Morgan fingerprint density at radius 3 is 2.45 bits per heavy atom. The van der Waals surface area contributed by atoms with Crippen molar-refractivity contribution in [1.82, 2.24) is 9.62 Å². The van der Waals surface area contributed by atoms with Crippen molar-refractivity contribution in [1.29, 1.82) is 0 Å². The minimum absolute atomic E-state index is 0.0205. The molecule has 1 saturated heterocycles. The monoisotopic (exact) mass is 464 g/mol. The molecule has 0 aromatic heterocycles. The zero-order chi connectivity index (χ0) is 22.4. The van der Waals surface area contributed by atoms with Gasteiger partial charge in [-0.2, -0.15) is 4.31 Å². The van der Waals surface area contributed by atoms with E-state index >= 15 is 0 Å². The SMILES string of the molecule is C[C@H](NC(=O)COC(=O)c1cc(S(=O)(=O)N2CCCCC2)ccc1Cl)c1ccccc1. The van der Waals surface area contributed by atoms with Crippen LogP contribution >= 0.6 is 11.6 Å². The molecule has 1 amide bonds. The fraction of sp³-hybridized carbons (Fsp3) is 0.364. The van der Waals surface area contributed by atoms with Gasteiger partial charge in [0.05, 0.1) is 21.5 Å². The summed E-state index contributed by atoms with van der Waals surface area (Å²) in [5, 5.41) is 2.80. The summed E-state index contributed by atoms with van der Waals surface area (Å²) in [4.78, 5) is 24.6. The highest BCUT2D eigenvalue weighted by Crippen LogP contribution is 2.25. The summed E-state index contributed by atoms with van der Waals surface area (Å²) in [6.07, 6.45) is 2.60. The second kappa shape index (κ2) is 10.3. The number of piperidine rings is 1. The lowest BCUT2D eigenvalue weighted by atomic mass is 10.1. The van der Waals surface area contributed by atoms with Crippen LogP contribution in [0.5, 0.6) is 0 Å². The molecule has 2 aromatic rings. The van der Waals surface area contributed by atoms with Crippen molar-refractivity contribution in [3.05, 3.63) is 64.7 Å². The van der Waals surface area contributed by atoms with Crippen LogP contribution in [0.4, 0.5) is 0 Å². The van der Waals surface area contributed by atoms with E-state index in [1.807, 2.05) is 37.3 Å². The number of amides is 1. The molecule has 166 valence electrons. The van der Waals surface area contributed by atoms with Gasteiger partial charge in [0.2, 0.25) is 10.0 Å². The molecule has 1 fully saturated rings. The molecule has 0 unspecified atom stereocenters. The number of esters is 1. The first-order valence-electron chi connectivity index (χ1n) is 10.1. The Morgan fingerprint density at radius 1 is 1.10 bits per heavy atom. The minimum atomic E-state index is -3.72. The molecular formula is C22H25ClN2O5S. The first kappa shape index (κ1) is 23.2. The first-order chi connectivity index (χ1) is 14.8. The third kappa shape index (κ3) is 5.84. The van der Waals surface area contributed by atoms with E-state index in [0.717, 1.165) is 24.8 Å². The molecule has 7 nitrogen and oxygen atoms in total. The fourth-order valence-corrected chi connectivity index (χ4v) is 5.13. The number of benzene rings is 2. The molecule has 9 heteroatoms. The largest absolute Gasteiger partial charge is 0.452 e. The molecule has 3 rings (SSSR count). The van der Waals surface area contributed by atoms with Gasteiger partial charge in [-0.1, -0.05) is 48.4 Å². The summed E-state index contributed by atoms with van der Waals surface area (Å²) < 4.78 is 32.2. The van der Waals surface area contributed by atoms with Crippen LogP contribution in [0, 0.1) is 0 Å². The molecule has 0 radical (unpaired) electrons. The van der Waals surface area contributed by atoms with E-state index in [9.17, 15) is 18.0 Å². The third-order valence-electron chi connectivity index (χ3n) is 5.12. The van der Waals surface area contributed by atoms with E-state index in [0.29, 0.717) is 13.1 Å². The van der Waals surface area contributed by atoms with Gasteiger partial charge in [0, 0.05) is 13.1 Å². The van der Waals surface area contributed by atoms with E-state index in [4.69, 9.17) is 16.3 Å². The van der Waals surface area contributed by atoms with Crippen molar-refractivity contribution in [2.24, 2.45) is 0 Å². The molecule has 1 heterocycles. The number of carbonyl (C=O) groups is 2. The van der Waals surface area contributed by atoms with Gasteiger partial charge in [-0.05, 0) is 43.5 Å². The van der Waals surface area contributed by atoms with E-state index in [-0.39, 0.29) is 21.5 Å². The molecule has 1 atom stereocenters. The van der Waals surface area contributed by atoms with Crippen molar-refractivity contribution in [3.8, 4) is 0 Å². The van der Waals surface area contributed by atoms with Crippen molar-refractivity contribution >= 4 is 33.5 Å². The molecule has 1 aliphatic rings. The lowest BCUT2D eigenvalue weighted by molar-refractivity contribution is -0.124. The van der Waals surface area contributed by atoms with Gasteiger partial charge in [0.15, 0.2) is 6.61 Å². The molecule has 0 aliphatic carbocycles. The zero-order valence-electron chi connectivity index (χ0n) is 17.2. The maximum atomic E-state index is 12.9. The number of nitrogens with one attached hydrogen (secondary N) is 1. The highest BCUT2D eigenvalue weighted by molar-refractivity contribution is 7.89. The zero-order valence-corrected chi connectivity index (χ0v) is 18.8. The Kier molecular flexibility index (Phi) is 7.69. The van der Waals surface area contributed by atoms with E-state index in [2.05, 4.69) is 5.32 Å². The van der Waals surface area contributed by atoms with Crippen LogP contribution in [-0.4, -0.2) is 44.3 Å². The third-order valence-corrected chi connectivity index (χ3v) is 7.35. The van der Waals surface area contributed by atoms with Crippen molar-refractivity contribution < 1.29 is 22.7 Å². The van der Waals surface area contributed by atoms with Gasteiger partial charge in [-0.15, -0.1) is 0 Å². The summed E-state index contributed by atoms with van der Waals surface area (Å²) >= 11 is 6.10. The van der Waals surface area contributed by atoms with E-state index < -0.39 is 28.5 Å². The molecule has 0 spiro atoms. The van der Waals surface area contributed by atoms with Crippen LogP contribution in [0.15, 0.2) is 53.4 Å². The molecule has 2 aromatic carbocycles. The predicted molar refractivity (Wildman–Crippen MR) is 117 cm³/mol. The predicted octanol–water partition coefficient (Wildman–Crippen LogP) is 3.55. The first-order valence-corrected chi connectivity index (χ1v) is 11.9. The Hall–Kier alpha value is -2.42. The minimum Gasteiger partial charge on any atom is -0.452 e. The molecule has 0 bridgehead atoms. The number of hydrogen-bond donors (Lipinski definition) is 1. The number of rotatable bonds is 7. The van der Waals surface area contributed by atoms with Crippen LogP contribution in [0.2, 0.25) is 5.02 Å².